The molecule has 1 unspecified atom stereocenters. The maximum absolute atomic E-state index is 11.3. The van der Waals surface area contributed by atoms with E-state index in [0.717, 1.165) is 18.5 Å². The van der Waals surface area contributed by atoms with Crippen molar-refractivity contribution in [1.29, 1.82) is 0 Å². The van der Waals surface area contributed by atoms with Gasteiger partial charge < -0.3 is 5.11 Å². The summed E-state index contributed by atoms with van der Waals surface area (Å²) in [6.07, 6.45) is 3.95. The first-order valence-corrected chi connectivity index (χ1v) is 5.51. The number of aryl methyl sites for hydroxylation is 1. The lowest BCUT2D eigenvalue weighted by molar-refractivity contribution is -0.145. The first-order valence-electron chi connectivity index (χ1n) is 5.51. The van der Waals surface area contributed by atoms with Gasteiger partial charge in [0.05, 0.1) is 12.2 Å². The second-order valence-corrected chi connectivity index (χ2v) is 4.71. The van der Waals surface area contributed by atoms with E-state index < -0.39 is 11.5 Å². The van der Waals surface area contributed by atoms with Crippen molar-refractivity contribution in [2.45, 2.75) is 44.8 Å². The Balaban J connectivity index is 2.09. The molecule has 0 amide bonds. The summed E-state index contributed by atoms with van der Waals surface area (Å²) in [5, 5.41) is 16.7. The molecule has 1 aromatic rings. The molecule has 0 aliphatic heterocycles. The van der Waals surface area contributed by atoms with E-state index in [1.807, 2.05) is 19.2 Å². The highest BCUT2D eigenvalue weighted by atomic mass is 16.4. The highest BCUT2D eigenvalue weighted by Gasteiger charge is 2.39. The molecule has 2 rings (SSSR count). The molecule has 0 spiro atoms. The number of nitrogens with zero attached hydrogens (tertiary/aromatic N) is 2. The average molecular weight is 223 g/mol. The molecule has 1 aliphatic rings. The Kier molecular flexibility index (Phi) is 2.71. The van der Waals surface area contributed by atoms with Crippen molar-refractivity contribution in [2.24, 2.45) is 0 Å². The molecule has 1 saturated carbocycles. The number of hydrogen-bond acceptors (Lipinski definition) is 3. The number of carbonyl (C=O) groups is 1. The predicted molar refractivity (Wildman–Crippen MR) is 59.2 cm³/mol. The van der Waals surface area contributed by atoms with Gasteiger partial charge in [0.2, 0.25) is 0 Å². The number of carboxylic acids is 1. The van der Waals surface area contributed by atoms with E-state index in [2.05, 4.69) is 10.4 Å². The minimum atomic E-state index is -0.931. The van der Waals surface area contributed by atoms with Gasteiger partial charge in [-0.3, -0.25) is 14.8 Å². The third-order valence-electron chi connectivity index (χ3n) is 2.82. The lowest BCUT2D eigenvalue weighted by atomic mass is 10.0. The Bertz CT molecular complexity index is 398. The standard InChI is InChI=1S/C11H17N3O2/c1-8-5-6-14(13-8)7-11(2,10(15)16)12-9-3-4-9/h5-6,9,12H,3-4,7H2,1-2H3,(H,15,16). The van der Waals surface area contributed by atoms with Gasteiger partial charge in [0.25, 0.3) is 0 Å². The number of carboxylic acid groups (broad SMARTS) is 1. The molecule has 0 radical (unpaired) electrons. The van der Waals surface area contributed by atoms with E-state index in [9.17, 15) is 9.90 Å². The highest BCUT2D eigenvalue weighted by Crippen LogP contribution is 2.23. The van der Waals surface area contributed by atoms with Crippen LogP contribution in [0.15, 0.2) is 12.3 Å². The van der Waals surface area contributed by atoms with E-state index in [1.54, 1.807) is 11.6 Å². The van der Waals surface area contributed by atoms with Gasteiger partial charge in [-0.2, -0.15) is 5.10 Å². The molecule has 1 aromatic heterocycles. The molecule has 1 aliphatic carbocycles. The molecular formula is C11H17N3O2. The van der Waals surface area contributed by atoms with Crippen LogP contribution in [0.1, 0.15) is 25.5 Å². The quantitative estimate of drug-likeness (QED) is 0.774. The molecule has 0 aromatic carbocycles. The van der Waals surface area contributed by atoms with Gasteiger partial charge in [-0.1, -0.05) is 0 Å². The molecule has 2 N–H and O–H groups in total. The Hall–Kier alpha value is -1.36. The molecule has 88 valence electrons. The third kappa shape index (κ3) is 2.41. The van der Waals surface area contributed by atoms with Gasteiger partial charge >= 0.3 is 5.97 Å². The maximum Gasteiger partial charge on any atom is 0.325 e. The Labute approximate surface area is 94.5 Å². The summed E-state index contributed by atoms with van der Waals surface area (Å²) in [7, 11) is 0. The largest absolute Gasteiger partial charge is 0.480 e. The summed E-state index contributed by atoms with van der Waals surface area (Å²) < 4.78 is 1.68. The molecular weight excluding hydrogens is 206 g/mol. The third-order valence-corrected chi connectivity index (χ3v) is 2.82. The fourth-order valence-corrected chi connectivity index (χ4v) is 1.73. The van der Waals surface area contributed by atoms with Gasteiger partial charge in [-0.15, -0.1) is 0 Å². The SMILES string of the molecule is Cc1ccn(CC(C)(NC2CC2)C(=O)O)n1. The van der Waals surface area contributed by atoms with E-state index in [1.165, 1.54) is 0 Å². The molecule has 1 heterocycles. The fraction of sp³-hybridized carbons (Fsp3) is 0.636. The van der Waals surface area contributed by atoms with Gasteiger partial charge in [0, 0.05) is 12.2 Å². The molecule has 1 fully saturated rings. The number of rotatable bonds is 5. The van der Waals surface area contributed by atoms with Gasteiger partial charge in [0.15, 0.2) is 0 Å². The summed E-state index contributed by atoms with van der Waals surface area (Å²) in [4.78, 5) is 11.3. The topological polar surface area (TPSA) is 67.2 Å². The van der Waals surface area contributed by atoms with Gasteiger partial charge in [-0.05, 0) is 32.8 Å². The predicted octanol–water partition coefficient (Wildman–Crippen LogP) is 0.787. The van der Waals surface area contributed by atoms with Gasteiger partial charge in [0.1, 0.15) is 5.54 Å². The Morgan fingerprint density at radius 2 is 2.44 bits per heavy atom. The van der Waals surface area contributed by atoms with E-state index in [-0.39, 0.29) is 0 Å². The summed E-state index contributed by atoms with van der Waals surface area (Å²) in [5.74, 6) is -0.826. The Morgan fingerprint density at radius 3 is 2.88 bits per heavy atom. The monoisotopic (exact) mass is 223 g/mol. The second kappa shape index (κ2) is 3.90. The van der Waals surface area contributed by atoms with Crippen LogP contribution in [0, 0.1) is 6.92 Å². The van der Waals surface area contributed by atoms with Crippen molar-refractivity contribution in [2.75, 3.05) is 0 Å². The minimum absolute atomic E-state index is 0.354. The van der Waals surface area contributed by atoms with E-state index in [0.29, 0.717) is 12.6 Å². The Morgan fingerprint density at radius 1 is 1.75 bits per heavy atom. The van der Waals surface area contributed by atoms with E-state index in [4.69, 9.17) is 0 Å². The lowest BCUT2D eigenvalue weighted by Gasteiger charge is -2.26. The number of aliphatic carboxylic acids is 1. The molecule has 5 heteroatoms. The first kappa shape index (κ1) is 11.1. The molecule has 0 saturated heterocycles. The van der Waals surface area contributed by atoms with Crippen molar-refractivity contribution < 1.29 is 9.90 Å². The molecule has 5 nitrogen and oxygen atoms in total. The van der Waals surface area contributed by atoms with Crippen LogP contribution < -0.4 is 5.32 Å². The van der Waals surface area contributed by atoms with Gasteiger partial charge in [-0.25, -0.2) is 0 Å². The molecule has 16 heavy (non-hydrogen) atoms. The average Bonchev–Trinajstić information content (AvgIpc) is 2.89. The van der Waals surface area contributed by atoms with Crippen LogP contribution in [-0.4, -0.2) is 32.4 Å². The second-order valence-electron chi connectivity index (χ2n) is 4.71. The first-order chi connectivity index (χ1) is 7.49. The smallest absolute Gasteiger partial charge is 0.325 e. The van der Waals surface area contributed by atoms with Crippen molar-refractivity contribution in [3.8, 4) is 0 Å². The van der Waals surface area contributed by atoms with Crippen LogP contribution in [0.25, 0.3) is 0 Å². The summed E-state index contributed by atoms with van der Waals surface area (Å²) in [6, 6.07) is 2.23. The molecule has 1 atom stereocenters. The van der Waals surface area contributed by atoms with Crippen LogP contribution >= 0.6 is 0 Å². The minimum Gasteiger partial charge on any atom is -0.480 e. The number of aromatic nitrogens is 2. The summed E-state index contributed by atoms with van der Waals surface area (Å²) in [5.41, 5.74) is -0.0289. The summed E-state index contributed by atoms with van der Waals surface area (Å²) >= 11 is 0. The van der Waals surface area contributed by atoms with Crippen molar-refractivity contribution in [3.05, 3.63) is 18.0 Å². The summed E-state index contributed by atoms with van der Waals surface area (Å²) in [6.45, 7) is 3.96. The normalized spacial score (nSPS) is 19.4. The van der Waals surface area contributed by atoms with Crippen LogP contribution in [0.2, 0.25) is 0 Å². The fourth-order valence-electron chi connectivity index (χ4n) is 1.73. The molecule has 0 bridgehead atoms. The van der Waals surface area contributed by atoms with Crippen LogP contribution in [-0.2, 0) is 11.3 Å². The number of nitrogens with one attached hydrogen (secondary N) is 1. The lowest BCUT2D eigenvalue weighted by Crippen LogP contribution is -2.53. The van der Waals surface area contributed by atoms with Crippen molar-refractivity contribution in [1.82, 2.24) is 15.1 Å². The van der Waals surface area contributed by atoms with Crippen molar-refractivity contribution >= 4 is 5.97 Å². The zero-order valence-corrected chi connectivity index (χ0v) is 9.60. The van der Waals surface area contributed by atoms with Crippen LogP contribution in [0.3, 0.4) is 0 Å². The highest BCUT2D eigenvalue weighted by molar-refractivity contribution is 5.78. The zero-order chi connectivity index (χ0) is 11.8. The number of hydrogen-bond donors (Lipinski definition) is 2. The maximum atomic E-state index is 11.3. The zero-order valence-electron chi connectivity index (χ0n) is 9.60. The van der Waals surface area contributed by atoms with Crippen LogP contribution in [0.4, 0.5) is 0 Å². The van der Waals surface area contributed by atoms with E-state index >= 15 is 0 Å². The van der Waals surface area contributed by atoms with Crippen molar-refractivity contribution in [3.63, 3.8) is 0 Å². The van der Waals surface area contributed by atoms with Crippen LogP contribution in [0.5, 0.6) is 0 Å².